The van der Waals surface area contributed by atoms with Gasteiger partial charge in [-0.05, 0) is 48.9 Å². The first-order valence-electron chi connectivity index (χ1n) is 14.9. The average Bonchev–Trinajstić information content (AvgIpc) is 2.99. The molecule has 11 nitrogen and oxygen atoms in total. The molecule has 0 unspecified atom stereocenters. The highest BCUT2D eigenvalue weighted by molar-refractivity contribution is 5.93. The molecule has 1 fully saturated rings. The maximum Gasteiger partial charge on any atom is 0.246 e. The topological polar surface area (TPSA) is 157 Å². The van der Waals surface area contributed by atoms with Gasteiger partial charge in [-0.25, -0.2) is 0 Å². The number of nitrogens with two attached hydrogens (primary N) is 1. The standard InChI is InChI=1S/C32H46N6O5/c1-21(2)16-25-19-34-14-15-38(25)32(43)28(18-23-8-6-5-7-9-23)37(4)29(40)20-35-30(41)22(3)36-31(42)27(33)17-24-10-12-26(39)13-11-24/h5-13,21-22,25,27-28,34,39H,14-20,33H2,1-4H3,(H,35,41)(H,36,42)/t22-,25+,27+,28+/m1/s1. The molecule has 0 saturated carbocycles. The lowest BCUT2D eigenvalue weighted by molar-refractivity contribution is -0.146. The molecule has 1 heterocycles. The van der Waals surface area contributed by atoms with Gasteiger partial charge in [0.2, 0.25) is 23.6 Å². The minimum absolute atomic E-state index is 0.0348. The van der Waals surface area contributed by atoms with Gasteiger partial charge in [0.25, 0.3) is 0 Å². The number of benzene rings is 2. The van der Waals surface area contributed by atoms with E-state index in [-0.39, 0.29) is 30.7 Å². The fourth-order valence-corrected chi connectivity index (χ4v) is 5.20. The van der Waals surface area contributed by atoms with Crippen LogP contribution in [0.5, 0.6) is 5.75 Å². The van der Waals surface area contributed by atoms with Crippen LogP contribution in [0.15, 0.2) is 54.6 Å². The number of likely N-dealkylation sites (N-methyl/N-ethyl adjacent to an activating group) is 1. The van der Waals surface area contributed by atoms with Crippen molar-refractivity contribution in [2.24, 2.45) is 11.7 Å². The normalized spacial score (nSPS) is 17.1. The molecule has 6 N–H and O–H groups in total. The summed E-state index contributed by atoms with van der Waals surface area (Å²) in [6.07, 6.45) is 1.43. The van der Waals surface area contributed by atoms with Crippen LogP contribution in [-0.4, -0.2) is 95.9 Å². The Labute approximate surface area is 254 Å². The minimum atomic E-state index is -0.934. The van der Waals surface area contributed by atoms with E-state index < -0.39 is 35.8 Å². The van der Waals surface area contributed by atoms with Crippen LogP contribution in [0.25, 0.3) is 0 Å². The number of nitrogens with one attached hydrogen (secondary N) is 3. The van der Waals surface area contributed by atoms with Crippen molar-refractivity contribution in [3.63, 3.8) is 0 Å². The van der Waals surface area contributed by atoms with E-state index in [2.05, 4.69) is 29.8 Å². The van der Waals surface area contributed by atoms with Crippen LogP contribution in [-0.2, 0) is 32.0 Å². The summed E-state index contributed by atoms with van der Waals surface area (Å²) >= 11 is 0. The van der Waals surface area contributed by atoms with Gasteiger partial charge in [-0.2, -0.15) is 0 Å². The van der Waals surface area contributed by atoms with Crippen LogP contribution in [0.4, 0.5) is 0 Å². The number of carbonyl (C=O) groups excluding carboxylic acids is 4. The molecule has 11 heteroatoms. The zero-order valence-corrected chi connectivity index (χ0v) is 25.6. The first-order chi connectivity index (χ1) is 20.5. The summed E-state index contributed by atoms with van der Waals surface area (Å²) in [5, 5.41) is 18.0. The molecule has 0 radical (unpaired) electrons. The molecule has 1 aliphatic rings. The Kier molecular flexibility index (Phi) is 12.5. The van der Waals surface area contributed by atoms with Gasteiger partial charge >= 0.3 is 0 Å². The fraction of sp³-hybridized carbons (Fsp3) is 0.500. The van der Waals surface area contributed by atoms with Crippen LogP contribution in [0, 0.1) is 5.92 Å². The highest BCUT2D eigenvalue weighted by Crippen LogP contribution is 2.19. The fourth-order valence-electron chi connectivity index (χ4n) is 5.20. The summed E-state index contributed by atoms with van der Waals surface area (Å²) in [6.45, 7) is 7.40. The molecular weight excluding hydrogens is 548 g/mol. The van der Waals surface area contributed by atoms with Gasteiger partial charge in [0.05, 0.1) is 12.6 Å². The third kappa shape index (κ3) is 10.1. The lowest BCUT2D eigenvalue weighted by Crippen LogP contribution is -2.60. The molecule has 0 bridgehead atoms. The van der Waals surface area contributed by atoms with Crippen LogP contribution >= 0.6 is 0 Å². The quantitative estimate of drug-likeness (QED) is 0.230. The van der Waals surface area contributed by atoms with Crippen molar-refractivity contribution in [2.45, 2.75) is 64.2 Å². The van der Waals surface area contributed by atoms with Gasteiger partial charge in [0, 0.05) is 39.1 Å². The number of phenols is 1. The Morgan fingerprint density at radius 3 is 2.30 bits per heavy atom. The maximum atomic E-state index is 14.0. The van der Waals surface area contributed by atoms with Crippen LogP contribution in [0.3, 0.4) is 0 Å². The molecular formula is C32H46N6O5. The van der Waals surface area contributed by atoms with Crippen molar-refractivity contribution in [3.05, 3.63) is 65.7 Å². The number of phenolic OH excluding ortho intramolecular Hbond substituents is 1. The van der Waals surface area contributed by atoms with E-state index in [1.165, 1.54) is 24.0 Å². The van der Waals surface area contributed by atoms with E-state index in [1.807, 2.05) is 35.2 Å². The zero-order chi connectivity index (χ0) is 31.5. The lowest BCUT2D eigenvalue weighted by atomic mass is 9.98. The summed E-state index contributed by atoms with van der Waals surface area (Å²) in [6, 6.07) is 13.4. The molecule has 234 valence electrons. The Morgan fingerprint density at radius 2 is 1.65 bits per heavy atom. The van der Waals surface area contributed by atoms with Gasteiger partial charge in [-0.3, -0.25) is 19.2 Å². The molecule has 2 aromatic rings. The van der Waals surface area contributed by atoms with Crippen molar-refractivity contribution in [1.29, 1.82) is 0 Å². The van der Waals surface area contributed by atoms with E-state index in [9.17, 15) is 24.3 Å². The van der Waals surface area contributed by atoms with Crippen molar-refractivity contribution in [3.8, 4) is 5.75 Å². The number of amides is 4. The van der Waals surface area contributed by atoms with Gasteiger partial charge in [-0.15, -0.1) is 0 Å². The monoisotopic (exact) mass is 594 g/mol. The molecule has 0 aromatic heterocycles. The third-order valence-electron chi connectivity index (χ3n) is 7.69. The molecule has 43 heavy (non-hydrogen) atoms. The summed E-state index contributed by atoms with van der Waals surface area (Å²) in [5.74, 6) is -1.06. The molecule has 3 rings (SSSR count). The second-order valence-corrected chi connectivity index (χ2v) is 11.7. The van der Waals surface area contributed by atoms with E-state index in [1.54, 1.807) is 19.2 Å². The zero-order valence-electron chi connectivity index (χ0n) is 25.6. The largest absolute Gasteiger partial charge is 0.508 e. The first-order valence-corrected chi connectivity index (χ1v) is 14.9. The van der Waals surface area contributed by atoms with Gasteiger partial charge in [0.1, 0.15) is 17.8 Å². The number of hydrogen-bond acceptors (Lipinski definition) is 7. The van der Waals surface area contributed by atoms with Crippen LogP contribution < -0.4 is 21.7 Å². The Hall–Kier alpha value is -3.96. The molecule has 2 aromatic carbocycles. The van der Waals surface area contributed by atoms with Crippen molar-refractivity contribution in [1.82, 2.24) is 25.8 Å². The molecule has 1 aliphatic heterocycles. The predicted molar refractivity (Wildman–Crippen MR) is 165 cm³/mol. The van der Waals surface area contributed by atoms with E-state index in [0.29, 0.717) is 32.0 Å². The Balaban J connectivity index is 1.61. The second-order valence-electron chi connectivity index (χ2n) is 11.7. The number of aromatic hydroxyl groups is 1. The number of piperazine rings is 1. The molecule has 4 atom stereocenters. The van der Waals surface area contributed by atoms with Gasteiger partial charge in [-0.1, -0.05) is 56.3 Å². The average molecular weight is 595 g/mol. The summed E-state index contributed by atoms with van der Waals surface area (Å²) in [5.41, 5.74) is 7.71. The van der Waals surface area contributed by atoms with E-state index >= 15 is 0 Å². The molecule has 0 spiro atoms. The SMILES string of the molecule is CC(C)C[C@H]1CNCCN1C(=O)[C@H](Cc1ccccc1)N(C)C(=O)CNC(=O)[C@@H](C)NC(=O)[C@@H](N)Cc1ccc(O)cc1. The van der Waals surface area contributed by atoms with Gasteiger partial charge in [0.15, 0.2) is 0 Å². The summed E-state index contributed by atoms with van der Waals surface area (Å²) in [4.78, 5) is 55.9. The Morgan fingerprint density at radius 1 is 1.00 bits per heavy atom. The highest BCUT2D eigenvalue weighted by Gasteiger charge is 2.35. The molecule has 4 amide bonds. The van der Waals surface area contributed by atoms with Gasteiger partial charge < -0.3 is 36.6 Å². The van der Waals surface area contributed by atoms with Crippen molar-refractivity contribution >= 4 is 23.6 Å². The smallest absolute Gasteiger partial charge is 0.246 e. The van der Waals surface area contributed by atoms with Crippen molar-refractivity contribution < 1.29 is 24.3 Å². The number of carbonyl (C=O) groups is 4. The first kappa shape index (κ1) is 33.5. The van der Waals surface area contributed by atoms with E-state index in [4.69, 9.17) is 5.73 Å². The summed E-state index contributed by atoms with van der Waals surface area (Å²) < 4.78 is 0. The molecule has 1 saturated heterocycles. The lowest BCUT2D eigenvalue weighted by Gasteiger charge is -2.41. The Bertz CT molecular complexity index is 1220. The van der Waals surface area contributed by atoms with Crippen LogP contribution in [0.2, 0.25) is 0 Å². The number of rotatable bonds is 13. The number of nitrogens with zero attached hydrogens (tertiary/aromatic N) is 2. The van der Waals surface area contributed by atoms with E-state index in [0.717, 1.165) is 17.5 Å². The highest BCUT2D eigenvalue weighted by atomic mass is 16.3. The molecule has 0 aliphatic carbocycles. The third-order valence-corrected chi connectivity index (χ3v) is 7.69. The predicted octanol–water partition coefficient (Wildman–Crippen LogP) is 0.799. The van der Waals surface area contributed by atoms with Crippen LogP contribution in [0.1, 0.15) is 38.3 Å². The minimum Gasteiger partial charge on any atom is -0.508 e. The maximum absolute atomic E-state index is 14.0. The number of hydrogen-bond donors (Lipinski definition) is 5. The summed E-state index contributed by atoms with van der Waals surface area (Å²) in [7, 11) is 1.59. The second kappa shape index (κ2) is 16.0. The van der Waals surface area contributed by atoms with Crippen molar-refractivity contribution in [2.75, 3.05) is 33.2 Å².